The Morgan fingerprint density at radius 1 is 1.19 bits per heavy atom. The van der Waals surface area contributed by atoms with Crippen molar-refractivity contribution in [1.29, 1.82) is 0 Å². The van der Waals surface area contributed by atoms with Crippen LogP contribution < -0.4 is 5.32 Å². The molecule has 180 valence electrons. The standard InChI is InChI=1S/C26H40FIN2O2/c1-9-14-32-25(11-3)21(6)20(5)22(7)28(8)30-17-23(18-30)16-29-26(31)24(10-2)15-19(4)12-13-27/h10-12,15,23H,2-3,9,13-14,16-18H2,1,4-8H3,(H,29,31)/b19-12-,22-20+,24-15+,25-21+. The van der Waals surface area contributed by atoms with Gasteiger partial charge in [-0.2, -0.15) is 0 Å². The van der Waals surface area contributed by atoms with E-state index in [-0.39, 0.29) is 5.91 Å². The fraction of sp³-hybridized carbons (Fsp3) is 0.500. The van der Waals surface area contributed by atoms with E-state index in [2.05, 4.69) is 54.2 Å². The molecule has 0 aromatic heterocycles. The molecular formula is C26H40FIN2O2. The van der Waals surface area contributed by atoms with Crippen molar-refractivity contribution < 1.29 is 13.9 Å². The van der Waals surface area contributed by atoms with Crippen LogP contribution in [0.2, 0.25) is 0 Å². The van der Waals surface area contributed by atoms with E-state index in [1.54, 1.807) is 19.1 Å². The molecule has 6 heteroatoms. The number of carbonyl (C=O) groups is 1. The third kappa shape index (κ3) is 8.35. The molecule has 1 amide bonds. The zero-order valence-corrected chi connectivity index (χ0v) is 22.7. The summed E-state index contributed by atoms with van der Waals surface area (Å²) in [7, 11) is 0. The van der Waals surface area contributed by atoms with Gasteiger partial charge in [-0.05, 0) is 0 Å². The summed E-state index contributed by atoms with van der Waals surface area (Å²) in [5, 5.41) is 3.00. The molecule has 1 heterocycles. The monoisotopic (exact) mass is 558 g/mol. The van der Waals surface area contributed by atoms with Crippen LogP contribution in [0.1, 0.15) is 41.0 Å². The Morgan fingerprint density at radius 3 is 2.38 bits per heavy atom. The predicted octanol–water partition coefficient (Wildman–Crippen LogP) is 6.29. The molecule has 0 atom stereocenters. The minimum absolute atomic E-state index is 0.159. The molecule has 0 aliphatic carbocycles. The van der Waals surface area contributed by atoms with Gasteiger partial charge in [-0.1, -0.05) is 0 Å². The molecule has 4 nitrogen and oxygen atoms in total. The van der Waals surface area contributed by atoms with Crippen LogP contribution in [0, 0.1) is 5.92 Å². The van der Waals surface area contributed by atoms with Crippen LogP contribution in [0.3, 0.4) is 0 Å². The van der Waals surface area contributed by atoms with E-state index < -0.39 is 26.8 Å². The van der Waals surface area contributed by atoms with Crippen molar-refractivity contribution in [2.45, 2.75) is 41.0 Å². The van der Waals surface area contributed by atoms with E-state index in [1.807, 2.05) is 0 Å². The molecular weight excluding hydrogens is 518 g/mol. The average Bonchev–Trinajstić information content (AvgIpc) is 2.75. The third-order valence-corrected chi connectivity index (χ3v) is 11.6. The van der Waals surface area contributed by atoms with E-state index in [9.17, 15) is 9.18 Å². The van der Waals surface area contributed by atoms with Gasteiger partial charge in [0.1, 0.15) is 0 Å². The number of nitrogens with zero attached hydrogens (tertiary/aromatic N) is 1. The van der Waals surface area contributed by atoms with Gasteiger partial charge in [-0.3, -0.25) is 0 Å². The summed E-state index contributed by atoms with van der Waals surface area (Å²) >= 11 is -1.43. The van der Waals surface area contributed by atoms with Crippen molar-refractivity contribution in [3.63, 3.8) is 0 Å². The number of ether oxygens (including phenoxy) is 1. The van der Waals surface area contributed by atoms with Gasteiger partial charge in [-0.15, -0.1) is 0 Å². The van der Waals surface area contributed by atoms with E-state index in [4.69, 9.17) is 4.74 Å². The summed E-state index contributed by atoms with van der Waals surface area (Å²) < 4.78 is 22.3. The summed E-state index contributed by atoms with van der Waals surface area (Å²) in [6, 6.07) is 0. The molecule has 1 aliphatic heterocycles. The molecule has 0 aromatic carbocycles. The Bertz CT molecular complexity index is 805. The fourth-order valence-electron chi connectivity index (χ4n) is 3.19. The molecule has 1 N–H and O–H groups in total. The number of allylic oxidation sites excluding steroid dienone is 7. The fourth-order valence-corrected chi connectivity index (χ4v) is 8.08. The maximum absolute atomic E-state index is 12.4. The molecule has 0 radical (unpaired) electrons. The van der Waals surface area contributed by atoms with E-state index in [0.29, 0.717) is 24.6 Å². The Balaban J connectivity index is 2.67. The van der Waals surface area contributed by atoms with Gasteiger partial charge in [-0.25, -0.2) is 0 Å². The molecule has 1 saturated heterocycles. The summed E-state index contributed by atoms with van der Waals surface area (Å²) in [5.74, 6) is 1.17. The number of rotatable bonds is 13. The van der Waals surface area contributed by atoms with Gasteiger partial charge in [0.05, 0.1) is 0 Å². The molecule has 1 fully saturated rings. The number of hydrogen-bond donors (Lipinski definition) is 1. The van der Waals surface area contributed by atoms with Crippen LogP contribution in [0.5, 0.6) is 0 Å². The van der Waals surface area contributed by atoms with Gasteiger partial charge in [0, 0.05) is 0 Å². The first-order valence-corrected chi connectivity index (χ1v) is 15.2. The van der Waals surface area contributed by atoms with Gasteiger partial charge in [0.25, 0.3) is 0 Å². The molecule has 0 saturated carbocycles. The van der Waals surface area contributed by atoms with Crippen LogP contribution in [-0.4, -0.2) is 46.9 Å². The first kappa shape index (κ1) is 28.4. The molecule has 1 aliphatic rings. The van der Waals surface area contributed by atoms with Crippen molar-refractivity contribution in [3.8, 4) is 0 Å². The van der Waals surface area contributed by atoms with Gasteiger partial charge < -0.3 is 0 Å². The molecule has 0 spiro atoms. The molecule has 0 unspecified atom stereocenters. The summed E-state index contributed by atoms with van der Waals surface area (Å²) in [6.07, 6.45) is 7.40. The molecule has 32 heavy (non-hydrogen) atoms. The minimum atomic E-state index is -1.43. The van der Waals surface area contributed by atoms with Crippen LogP contribution in [0.25, 0.3) is 0 Å². The number of hydrogen-bond acceptors (Lipinski definition) is 3. The molecule has 0 bridgehead atoms. The van der Waals surface area contributed by atoms with E-state index >= 15 is 0 Å². The van der Waals surface area contributed by atoms with Crippen molar-refractivity contribution >= 4 is 26.0 Å². The quantitative estimate of drug-likeness (QED) is 0.0721. The third-order valence-electron chi connectivity index (χ3n) is 5.59. The second-order valence-electron chi connectivity index (χ2n) is 7.95. The number of nitrogens with one attached hydrogen (secondary N) is 1. The van der Waals surface area contributed by atoms with Crippen LogP contribution >= 0.6 is 20.1 Å². The number of alkyl halides is 2. The maximum atomic E-state index is 12.4. The van der Waals surface area contributed by atoms with Crippen LogP contribution in [0.15, 0.2) is 69.1 Å². The van der Waals surface area contributed by atoms with E-state index in [1.165, 1.54) is 26.9 Å². The van der Waals surface area contributed by atoms with Gasteiger partial charge >= 0.3 is 202 Å². The molecule has 0 aromatic rings. The Labute approximate surface area is 201 Å². The van der Waals surface area contributed by atoms with Crippen molar-refractivity contribution in [1.82, 2.24) is 8.43 Å². The SMILES string of the molecule is C=C/C(=C\C(C)=C/CF)C(=O)NCC1CN(I(C)/C(C)=C(C)/C(C)=C(\C=C)OCCC)C1. The van der Waals surface area contributed by atoms with Gasteiger partial charge in [0.2, 0.25) is 0 Å². The zero-order chi connectivity index (χ0) is 24.3. The zero-order valence-electron chi connectivity index (χ0n) is 20.6. The molecule has 1 rings (SSSR count). The Hall–Kier alpha value is -1.67. The van der Waals surface area contributed by atoms with Crippen molar-refractivity contribution in [2.24, 2.45) is 5.92 Å². The normalized spacial score (nSPS) is 17.7. The summed E-state index contributed by atoms with van der Waals surface area (Å²) in [5.41, 5.74) is 3.65. The first-order chi connectivity index (χ1) is 15.2. The Morgan fingerprint density at radius 2 is 1.84 bits per heavy atom. The number of halogens is 2. The first-order valence-electron chi connectivity index (χ1n) is 11.0. The van der Waals surface area contributed by atoms with Gasteiger partial charge in [0.15, 0.2) is 0 Å². The van der Waals surface area contributed by atoms with Crippen molar-refractivity contribution in [3.05, 3.63) is 69.1 Å². The topological polar surface area (TPSA) is 41.6 Å². The average molecular weight is 559 g/mol. The summed E-state index contributed by atoms with van der Waals surface area (Å²) in [4.78, 5) is 14.8. The van der Waals surface area contributed by atoms with Crippen LogP contribution in [0.4, 0.5) is 4.39 Å². The Kier molecular flexibility index (Phi) is 12.8. The summed E-state index contributed by atoms with van der Waals surface area (Å²) in [6.45, 7) is 20.8. The number of carbonyl (C=O) groups excluding carboxylic acids is 1. The van der Waals surface area contributed by atoms with Crippen LogP contribution in [-0.2, 0) is 9.53 Å². The second-order valence-corrected chi connectivity index (χ2v) is 13.5. The number of amides is 1. The van der Waals surface area contributed by atoms with E-state index in [0.717, 1.165) is 30.8 Å². The van der Waals surface area contributed by atoms with Crippen molar-refractivity contribution in [2.75, 3.05) is 37.8 Å². The predicted molar refractivity (Wildman–Crippen MR) is 144 cm³/mol. The second kappa shape index (κ2) is 14.5.